The monoisotopic (exact) mass is 185 g/mol. The lowest BCUT2D eigenvalue weighted by atomic mass is 10.3. The van der Waals surface area contributed by atoms with E-state index in [1.165, 1.54) is 0 Å². The molecule has 0 spiro atoms. The highest BCUT2D eigenvalue weighted by atomic mass is 17.0. The van der Waals surface area contributed by atoms with E-state index in [2.05, 4.69) is 9.68 Å². The second-order valence-electron chi connectivity index (χ2n) is 2.11. The molecule has 13 heavy (non-hydrogen) atoms. The molecule has 5 heteroatoms. The highest BCUT2D eigenvalue weighted by Gasteiger charge is 2.05. The van der Waals surface area contributed by atoms with Gasteiger partial charge in [-0.15, -0.1) is 5.23 Å². The van der Waals surface area contributed by atoms with Crippen molar-refractivity contribution in [2.24, 2.45) is 0 Å². The zero-order valence-corrected chi connectivity index (χ0v) is 6.96. The Morgan fingerprint density at radius 3 is 2.00 bits per heavy atom. The third kappa shape index (κ3) is 3.00. The van der Waals surface area contributed by atoms with Crippen molar-refractivity contribution in [3.8, 4) is 0 Å². The summed E-state index contributed by atoms with van der Waals surface area (Å²) in [4.78, 5) is 9.35. The van der Waals surface area contributed by atoms with Crippen LogP contribution in [0.2, 0.25) is 0 Å². The molecule has 1 aromatic carbocycles. The molecule has 72 valence electrons. The van der Waals surface area contributed by atoms with Crippen LogP contribution in [0.1, 0.15) is 0 Å². The molecule has 0 fully saturated rings. The Kier molecular flexibility index (Phi) is 4.20. The summed E-state index contributed by atoms with van der Waals surface area (Å²) in [7, 11) is 0. The van der Waals surface area contributed by atoms with E-state index in [0.29, 0.717) is 5.69 Å². The Bertz CT molecular complexity index is 223. The Balaban J connectivity index is 2.64. The van der Waals surface area contributed by atoms with E-state index < -0.39 is 13.6 Å². The maximum Gasteiger partial charge on any atom is 0.173 e. The number of hydrogen-bond donors (Lipinski definition) is 2. The SMILES string of the molecule is OCON(OCO)c1ccccc1. The Morgan fingerprint density at radius 1 is 1.00 bits per heavy atom. The van der Waals surface area contributed by atoms with Crippen molar-refractivity contribution in [2.75, 3.05) is 18.8 Å². The standard InChI is InChI=1S/C8H11NO4/c10-6-12-9(13-7-11)8-4-2-1-3-5-8/h1-5,10-11H,6-7H2. The van der Waals surface area contributed by atoms with E-state index in [9.17, 15) is 0 Å². The maximum atomic E-state index is 8.50. The molecule has 0 amide bonds. The van der Waals surface area contributed by atoms with Crippen LogP contribution in [0.4, 0.5) is 5.69 Å². The van der Waals surface area contributed by atoms with Crippen molar-refractivity contribution in [1.82, 2.24) is 0 Å². The van der Waals surface area contributed by atoms with Gasteiger partial charge in [-0.05, 0) is 12.1 Å². The third-order valence-electron chi connectivity index (χ3n) is 1.32. The fraction of sp³-hybridized carbons (Fsp3) is 0.250. The second kappa shape index (κ2) is 5.50. The topological polar surface area (TPSA) is 62.2 Å². The van der Waals surface area contributed by atoms with Gasteiger partial charge in [0.05, 0.1) is 5.69 Å². The first kappa shape index (κ1) is 9.94. The van der Waals surface area contributed by atoms with Crippen LogP contribution in [-0.2, 0) is 9.68 Å². The van der Waals surface area contributed by atoms with Crippen molar-refractivity contribution in [1.29, 1.82) is 0 Å². The molecule has 0 saturated carbocycles. The quantitative estimate of drug-likeness (QED) is 0.508. The molecular weight excluding hydrogens is 174 g/mol. The molecule has 0 atom stereocenters. The van der Waals surface area contributed by atoms with Crippen molar-refractivity contribution in [3.63, 3.8) is 0 Å². The average molecular weight is 185 g/mol. The molecule has 1 rings (SSSR count). The lowest BCUT2D eigenvalue weighted by Crippen LogP contribution is -2.24. The van der Waals surface area contributed by atoms with Crippen LogP contribution in [0.15, 0.2) is 30.3 Å². The van der Waals surface area contributed by atoms with Gasteiger partial charge in [0.15, 0.2) is 13.6 Å². The number of hydrogen-bond acceptors (Lipinski definition) is 5. The van der Waals surface area contributed by atoms with Gasteiger partial charge in [0, 0.05) is 0 Å². The predicted octanol–water partition coefficient (Wildman–Crippen LogP) is 0.256. The van der Waals surface area contributed by atoms with E-state index in [0.717, 1.165) is 5.23 Å². The first-order valence-electron chi connectivity index (χ1n) is 3.71. The normalized spacial score (nSPS) is 10.0. The smallest absolute Gasteiger partial charge is 0.173 e. The Labute approximate surface area is 75.6 Å². The lowest BCUT2D eigenvalue weighted by molar-refractivity contribution is -0.169. The molecule has 0 saturated heterocycles. The zero-order valence-electron chi connectivity index (χ0n) is 6.96. The van der Waals surface area contributed by atoms with Gasteiger partial charge < -0.3 is 10.2 Å². The van der Waals surface area contributed by atoms with Crippen molar-refractivity contribution < 1.29 is 19.9 Å². The van der Waals surface area contributed by atoms with Gasteiger partial charge in [-0.25, -0.2) is 9.68 Å². The van der Waals surface area contributed by atoms with Crippen LogP contribution < -0.4 is 5.23 Å². The number of aliphatic hydroxyl groups excluding tert-OH is 2. The fourth-order valence-corrected chi connectivity index (χ4v) is 0.841. The molecule has 5 nitrogen and oxygen atoms in total. The maximum absolute atomic E-state index is 8.50. The number of rotatable bonds is 5. The van der Waals surface area contributed by atoms with E-state index in [1.54, 1.807) is 24.3 Å². The van der Waals surface area contributed by atoms with Crippen molar-refractivity contribution in [3.05, 3.63) is 30.3 Å². The molecule has 0 aliphatic rings. The molecule has 0 aromatic heterocycles. The molecule has 0 bridgehead atoms. The lowest BCUT2D eigenvalue weighted by Gasteiger charge is -2.19. The molecule has 1 aromatic rings. The van der Waals surface area contributed by atoms with Gasteiger partial charge in [-0.2, -0.15) is 0 Å². The average Bonchev–Trinajstić information content (AvgIpc) is 2.19. The van der Waals surface area contributed by atoms with Crippen LogP contribution in [0, 0.1) is 0 Å². The van der Waals surface area contributed by atoms with E-state index in [4.69, 9.17) is 10.2 Å². The minimum Gasteiger partial charge on any atom is -0.368 e. The predicted molar refractivity (Wildman–Crippen MR) is 45.3 cm³/mol. The van der Waals surface area contributed by atoms with Crippen LogP contribution in [0.3, 0.4) is 0 Å². The molecule has 0 heterocycles. The third-order valence-corrected chi connectivity index (χ3v) is 1.32. The van der Waals surface area contributed by atoms with E-state index in [-0.39, 0.29) is 0 Å². The fourth-order valence-electron chi connectivity index (χ4n) is 0.841. The highest BCUT2D eigenvalue weighted by molar-refractivity contribution is 5.40. The van der Waals surface area contributed by atoms with Gasteiger partial charge in [-0.3, -0.25) is 0 Å². The molecule has 0 aliphatic heterocycles. The first-order chi connectivity index (χ1) is 6.38. The Hall–Kier alpha value is -1.14. The minimum absolute atomic E-state index is 0.519. The van der Waals surface area contributed by atoms with Gasteiger partial charge in [0.25, 0.3) is 0 Å². The molecule has 2 N–H and O–H groups in total. The minimum atomic E-state index is -0.519. The molecule has 0 radical (unpaired) electrons. The van der Waals surface area contributed by atoms with Gasteiger partial charge in [0.2, 0.25) is 0 Å². The molecule has 0 unspecified atom stereocenters. The number of benzene rings is 1. The van der Waals surface area contributed by atoms with Crippen molar-refractivity contribution in [2.45, 2.75) is 0 Å². The van der Waals surface area contributed by atoms with Gasteiger partial charge in [-0.1, -0.05) is 18.2 Å². The number of para-hydroxylation sites is 1. The highest BCUT2D eigenvalue weighted by Crippen LogP contribution is 2.13. The number of aliphatic hydroxyl groups is 2. The van der Waals surface area contributed by atoms with Crippen LogP contribution in [-0.4, -0.2) is 23.8 Å². The summed E-state index contributed by atoms with van der Waals surface area (Å²) in [5.74, 6) is 0. The second-order valence-corrected chi connectivity index (χ2v) is 2.11. The largest absolute Gasteiger partial charge is 0.368 e. The van der Waals surface area contributed by atoms with E-state index in [1.807, 2.05) is 6.07 Å². The van der Waals surface area contributed by atoms with Gasteiger partial charge in [0.1, 0.15) is 0 Å². The summed E-state index contributed by atoms with van der Waals surface area (Å²) in [5, 5.41) is 17.9. The molecule has 0 aliphatic carbocycles. The van der Waals surface area contributed by atoms with Crippen LogP contribution >= 0.6 is 0 Å². The summed E-state index contributed by atoms with van der Waals surface area (Å²) in [5.41, 5.74) is 0.589. The van der Waals surface area contributed by atoms with Crippen LogP contribution in [0.25, 0.3) is 0 Å². The molecular formula is C8H11NO4. The summed E-state index contributed by atoms with van der Waals surface area (Å²) in [6.45, 7) is -1.04. The summed E-state index contributed by atoms with van der Waals surface area (Å²) in [6, 6.07) is 8.82. The van der Waals surface area contributed by atoms with E-state index >= 15 is 0 Å². The summed E-state index contributed by atoms with van der Waals surface area (Å²) in [6.07, 6.45) is 0. The Morgan fingerprint density at radius 2 is 1.54 bits per heavy atom. The zero-order chi connectivity index (χ0) is 9.52. The first-order valence-corrected chi connectivity index (χ1v) is 3.71. The number of nitrogens with zero attached hydrogens (tertiary/aromatic N) is 1. The van der Waals surface area contributed by atoms with Gasteiger partial charge >= 0.3 is 0 Å². The number of anilines is 1. The van der Waals surface area contributed by atoms with Crippen LogP contribution in [0.5, 0.6) is 0 Å². The summed E-state index contributed by atoms with van der Waals surface area (Å²) >= 11 is 0. The summed E-state index contributed by atoms with van der Waals surface area (Å²) < 4.78 is 0. The van der Waals surface area contributed by atoms with Crippen molar-refractivity contribution >= 4 is 5.69 Å².